The lowest BCUT2D eigenvalue weighted by Gasteiger charge is -2.25. The van der Waals surface area contributed by atoms with Crippen molar-refractivity contribution in [2.24, 2.45) is 23.7 Å². The zero-order valence-electron chi connectivity index (χ0n) is 10.9. The molecule has 2 N–H and O–H groups in total. The predicted molar refractivity (Wildman–Crippen MR) is 70.6 cm³/mol. The van der Waals surface area contributed by atoms with Gasteiger partial charge in [0.1, 0.15) is 0 Å². The van der Waals surface area contributed by atoms with Crippen LogP contribution in [-0.4, -0.2) is 42.9 Å². The van der Waals surface area contributed by atoms with Crippen LogP contribution in [0.4, 0.5) is 0 Å². The van der Waals surface area contributed by atoms with Crippen molar-refractivity contribution in [3.63, 3.8) is 0 Å². The van der Waals surface area contributed by atoms with Gasteiger partial charge in [-0.2, -0.15) is 0 Å². The maximum Gasteiger partial charge on any atom is 0.307 e. The third kappa shape index (κ3) is 2.24. The van der Waals surface area contributed by atoms with Gasteiger partial charge in [-0.05, 0) is 24.7 Å². The number of nitrogens with one attached hydrogen (secondary N) is 1. The molecule has 0 aromatic carbocycles. The van der Waals surface area contributed by atoms with Crippen molar-refractivity contribution in [1.82, 2.24) is 5.32 Å². The Balaban J connectivity index is 1.71. The molecule has 1 aliphatic heterocycles. The summed E-state index contributed by atoms with van der Waals surface area (Å²) in [5.41, 5.74) is 0. The average Bonchev–Trinajstić information content (AvgIpc) is 3.02. The molecule has 0 radical (unpaired) electrons. The van der Waals surface area contributed by atoms with Crippen molar-refractivity contribution >= 4 is 21.7 Å². The monoisotopic (exact) mass is 299 g/mol. The SMILES string of the molecule is O=C(NC1CCS(=O)(=O)C1)C1C(C(=O)O)[C@H]2C=C[C@@H]1C2. The summed E-state index contributed by atoms with van der Waals surface area (Å²) in [7, 11) is -3.05. The Kier molecular flexibility index (Phi) is 3.12. The maximum absolute atomic E-state index is 12.3. The number of fused-ring (bicyclic) bond motifs is 2. The van der Waals surface area contributed by atoms with Gasteiger partial charge in [-0.3, -0.25) is 9.59 Å². The summed E-state index contributed by atoms with van der Waals surface area (Å²) in [6.07, 6.45) is 4.92. The Hall–Kier alpha value is -1.37. The number of amides is 1. The van der Waals surface area contributed by atoms with Crippen LogP contribution in [0.25, 0.3) is 0 Å². The van der Waals surface area contributed by atoms with Crippen molar-refractivity contribution in [3.8, 4) is 0 Å². The topological polar surface area (TPSA) is 101 Å². The van der Waals surface area contributed by atoms with E-state index in [1.165, 1.54) is 0 Å². The molecule has 1 heterocycles. The third-order valence-corrected chi connectivity index (χ3v) is 6.39. The van der Waals surface area contributed by atoms with E-state index in [0.29, 0.717) is 12.8 Å². The molecule has 7 heteroatoms. The first kappa shape index (κ1) is 13.6. The Bertz CT molecular complexity index is 582. The van der Waals surface area contributed by atoms with Crippen molar-refractivity contribution in [2.75, 3.05) is 11.5 Å². The summed E-state index contributed by atoms with van der Waals surface area (Å²) in [5.74, 6) is -2.53. The van der Waals surface area contributed by atoms with Crippen molar-refractivity contribution in [1.29, 1.82) is 0 Å². The molecule has 0 aromatic heterocycles. The molecule has 2 aliphatic carbocycles. The molecule has 3 aliphatic rings. The van der Waals surface area contributed by atoms with Crippen LogP contribution in [0.5, 0.6) is 0 Å². The molecule has 110 valence electrons. The normalized spacial score (nSPS) is 40.9. The van der Waals surface area contributed by atoms with Gasteiger partial charge in [0, 0.05) is 6.04 Å². The van der Waals surface area contributed by atoms with Crippen molar-refractivity contribution < 1.29 is 23.1 Å². The summed E-state index contributed by atoms with van der Waals surface area (Å²) in [6.45, 7) is 0. The van der Waals surface area contributed by atoms with Gasteiger partial charge in [0.25, 0.3) is 0 Å². The van der Waals surface area contributed by atoms with Crippen LogP contribution in [0, 0.1) is 23.7 Å². The lowest BCUT2D eigenvalue weighted by atomic mass is 9.82. The van der Waals surface area contributed by atoms with E-state index in [1.54, 1.807) is 0 Å². The number of hydrogen-bond donors (Lipinski definition) is 2. The fourth-order valence-corrected chi connectivity index (χ4v) is 5.40. The van der Waals surface area contributed by atoms with Gasteiger partial charge in [-0.25, -0.2) is 8.42 Å². The molecule has 3 unspecified atom stereocenters. The van der Waals surface area contributed by atoms with E-state index < -0.39 is 27.6 Å². The minimum atomic E-state index is -3.05. The van der Waals surface area contributed by atoms with E-state index in [0.717, 1.165) is 0 Å². The largest absolute Gasteiger partial charge is 0.481 e. The minimum absolute atomic E-state index is 0.0286. The quantitative estimate of drug-likeness (QED) is 0.704. The second-order valence-electron chi connectivity index (χ2n) is 5.95. The van der Waals surface area contributed by atoms with Crippen LogP contribution in [0.3, 0.4) is 0 Å². The van der Waals surface area contributed by atoms with E-state index in [1.807, 2.05) is 12.2 Å². The highest BCUT2D eigenvalue weighted by molar-refractivity contribution is 7.91. The van der Waals surface area contributed by atoms with Gasteiger partial charge in [-0.15, -0.1) is 0 Å². The minimum Gasteiger partial charge on any atom is -0.481 e. The zero-order chi connectivity index (χ0) is 14.5. The molecule has 2 fully saturated rings. The molecular formula is C13H17NO5S. The number of rotatable bonds is 3. The number of carboxylic acid groups (broad SMARTS) is 1. The number of carbonyl (C=O) groups is 2. The predicted octanol–water partition coefficient (Wildman–Crippen LogP) is -0.187. The smallest absolute Gasteiger partial charge is 0.307 e. The van der Waals surface area contributed by atoms with E-state index >= 15 is 0 Å². The zero-order valence-corrected chi connectivity index (χ0v) is 11.7. The molecule has 3 rings (SSSR count). The first-order chi connectivity index (χ1) is 9.37. The third-order valence-electron chi connectivity index (χ3n) is 4.63. The molecule has 20 heavy (non-hydrogen) atoms. The lowest BCUT2D eigenvalue weighted by molar-refractivity contribution is -0.147. The maximum atomic E-state index is 12.3. The van der Waals surface area contributed by atoms with Crippen LogP contribution in [0.2, 0.25) is 0 Å². The summed E-state index contributed by atoms with van der Waals surface area (Å²) in [6, 6.07) is -0.370. The van der Waals surface area contributed by atoms with Crippen molar-refractivity contribution in [3.05, 3.63) is 12.2 Å². The molecule has 0 aromatic rings. The summed E-state index contributed by atoms with van der Waals surface area (Å²) in [4.78, 5) is 23.7. The summed E-state index contributed by atoms with van der Waals surface area (Å²) < 4.78 is 22.8. The number of sulfone groups is 1. The number of carboxylic acids is 1. The van der Waals surface area contributed by atoms with E-state index in [9.17, 15) is 23.1 Å². The average molecular weight is 299 g/mol. The van der Waals surface area contributed by atoms with Crippen LogP contribution in [-0.2, 0) is 19.4 Å². The Labute approximate surface area is 117 Å². The number of aliphatic carboxylic acids is 1. The Morgan fingerprint density at radius 1 is 1.15 bits per heavy atom. The van der Waals surface area contributed by atoms with Gasteiger partial charge < -0.3 is 10.4 Å². The standard InChI is InChI=1S/C13H17NO5S/c15-12(14-9-3-4-20(18,19)6-9)10-7-1-2-8(5-7)11(10)13(16)17/h1-2,7-11H,3-6H2,(H,14,15)(H,16,17)/t7-,8+,9?,10?,11?/m1/s1. The van der Waals surface area contributed by atoms with Crippen LogP contribution < -0.4 is 5.32 Å². The second-order valence-corrected chi connectivity index (χ2v) is 8.18. The second kappa shape index (κ2) is 4.58. The van der Waals surface area contributed by atoms with Gasteiger partial charge in [0.05, 0.1) is 23.3 Å². The fraction of sp³-hybridized carbons (Fsp3) is 0.692. The van der Waals surface area contributed by atoms with Gasteiger partial charge in [0.2, 0.25) is 5.91 Å². The lowest BCUT2D eigenvalue weighted by Crippen LogP contribution is -2.44. The van der Waals surface area contributed by atoms with Gasteiger partial charge >= 0.3 is 5.97 Å². The number of allylic oxidation sites excluding steroid dienone is 2. The number of hydrogen-bond acceptors (Lipinski definition) is 4. The van der Waals surface area contributed by atoms with E-state index in [2.05, 4.69) is 5.32 Å². The van der Waals surface area contributed by atoms with E-state index in [-0.39, 0.29) is 35.3 Å². The molecule has 1 saturated heterocycles. The highest BCUT2D eigenvalue weighted by Crippen LogP contribution is 2.48. The van der Waals surface area contributed by atoms with Crippen LogP contribution in [0.1, 0.15) is 12.8 Å². The molecule has 1 amide bonds. The highest BCUT2D eigenvalue weighted by Gasteiger charge is 2.52. The molecular weight excluding hydrogens is 282 g/mol. The fourth-order valence-electron chi connectivity index (χ4n) is 3.72. The van der Waals surface area contributed by atoms with Crippen LogP contribution >= 0.6 is 0 Å². The Morgan fingerprint density at radius 2 is 1.80 bits per heavy atom. The summed E-state index contributed by atoms with van der Waals surface area (Å²) >= 11 is 0. The van der Waals surface area contributed by atoms with Gasteiger partial charge in [0.15, 0.2) is 9.84 Å². The molecule has 5 atom stereocenters. The highest BCUT2D eigenvalue weighted by atomic mass is 32.2. The number of carbonyl (C=O) groups excluding carboxylic acids is 1. The molecule has 1 saturated carbocycles. The molecule has 6 nitrogen and oxygen atoms in total. The Morgan fingerprint density at radius 3 is 2.35 bits per heavy atom. The first-order valence-corrected chi connectivity index (χ1v) is 8.61. The first-order valence-electron chi connectivity index (χ1n) is 6.79. The molecule has 2 bridgehead atoms. The van der Waals surface area contributed by atoms with E-state index in [4.69, 9.17) is 0 Å². The van der Waals surface area contributed by atoms with Gasteiger partial charge in [-0.1, -0.05) is 12.2 Å². The molecule has 0 spiro atoms. The summed E-state index contributed by atoms with van der Waals surface area (Å²) in [5, 5.41) is 12.0. The van der Waals surface area contributed by atoms with Crippen molar-refractivity contribution in [2.45, 2.75) is 18.9 Å². The van der Waals surface area contributed by atoms with Crippen LogP contribution in [0.15, 0.2) is 12.2 Å².